The van der Waals surface area contributed by atoms with Gasteiger partial charge in [0.1, 0.15) is 0 Å². The van der Waals surface area contributed by atoms with Crippen LogP contribution < -0.4 is 0 Å². The number of ether oxygens (including phenoxy) is 1. The fraction of sp³-hybridized carbons (Fsp3) is 0.231. The molecule has 0 aliphatic carbocycles. The van der Waals surface area contributed by atoms with Gasteiger partial charge in [0.2, 0.25) is 11.5 Å². The lowest BCUT2D eigenvalue weighted by Gasteiger charge is -2.25. The molecule has 0 amide bonds. The van der Waals surface area contributed by atoms with Crippen molar-refractivity contribution < 1.29 is 19.4 Å². The van der Waals surface area contributed by atoms with Crippen molar-refractivity contribution in [3.05, 3.63) is 47.2 Å². The van der Waals surface area contributed by atoms with Crippen LogP contribution in [0.3, 0.4) is 0 Å². The Balaban J connectivity index is 2.45. The second-order valence-corrected chi connectivity index (χ2v) is 4.13. The van der Waals surface area contributed by atoms with Crippen LogP contribution >= 0.6 is 0 Å². The van der Waals surface area contributed by atoms with Gasteiger partial charge in [-0.3, -0.25) is 4.79 Å². The predicted octanol–water partition coefficient (Wildman–Crippen LogP) is 1.78. The fourth-order valence-corrected chi connectivity index (χ4v) is 1.96. The second-order valence-electron chi connectivity index (χ2n) is 4.13. The molecule has 1 aliphatic rings. The number of carbonyl (C=O) groups excluding carboxylic acids is 1. The van der Waals surface area contributed by atoms with Crippen molar-refractivity contribution in [2.75, 3.05) is 0 Å². The van der Waals surface area contributed by atoms with Gasteiger partial charge in [-0.1, -0.05) is 24.3 Å². The van der Waals surface area contributed by atoms with Crippen molar-refractivity contribution in [3.8, 4) is 0 Å². The second kappa shape index (κ2) is 3.73. The summed E-state index contributed by atoms with van der Waals surface area (Å²) in [5, 5.41) is 8.83. The zero-order valence-corrected chi connectivity index (χ0v) is 9.56. The smallest absolute Gasteiger partial charge is 0.371 e. The van der Waals surface area contributed by atoms with Crippen molar-refractivity contribution in [2.24, 2.45) is 0 Å². The maximum Gasteiger partial charge on any atom is 0.371 e. The molecule has 1 aromatic rings. The average molecular weight is 232 g/mol. The SMILES string of the molecule is Cc1ccccc1C1(C)OC(C(=O)O)=CC1=O. The molecule has 0 saturated carbocycles. The van der Waals surface area contributed by atoms with Gasteiger partial charge in [-0.2, -0.15) is 0 Å². The van der Waals surface area contributed by atoms with Gasteiger partial charge in [-0.15, -0.1) is 0 Å². The Hall–Kier alpha value is -2.10. The lowest BCUT2D eigenvalue weighted by molar-refractivity contribution is -0.141. The van der Waals surface area contributed by atoms with Gasteiger partial charge in [-0.25, -0.2) is 4.79 Å². The van der Waals surface area contributed by atoms with Gasteiger partial charge in [0.05, 0.1) is 0 Å². The van der Waals surface area contributed by atoms with E-state index in [4.69, 9.17) is 9.84 Å². The summed E-state index contributed by atoms with van der Waals surface area (Å²) in [6, 6.07) is 7.28. The Kier molecular flexibility index (Phi) is 2.50. The molecule has 0 fully saturated rings. The van der Waals surface area contributed by atoms with E-state index in [-0.39, 0.29) is 11.5 Å². The first-order chi connectivity index (χ1) is 7.95. The van der Waals surface area contributed by atoms with E-state index >= 15 is 0 Å². The quantitative estimate of drug-likeness (QED) is 0.844. The number of carboxylic acid groups (broad SMARTS) is 1. The minimum absolute atomic E-state index is 0.305. The molecular formula is C13H12O4. The van der Waals surface area contributed by atoms with Crippen molar-refractivity contribution in [1.82, 2.24) is 0 Å². The molecule has 88 valence electrons. The highest BCUT2D eigenvalue weighted by Crippen LogP contribution is 2.36. The number of hydrogen-bond donors (Lipinski definition) is 1. The molecule has 1 atom stereocenters. The number of carboxylic acids is 1. The Morgan fingerprint density at radius 1 is 1.35 bits per heavy atom. The first-order valence-electron chi connectivity index (χ1n) is 5.19. The van der Waals surface area contributed by atoms with Crippen molar-refractivity contribution in [2.45, 2.75) is 19.4 Å². The zero-order chi connectivity index (χ0) is 12.6. The predicted molar refractivity (Wildman–Crippen MR) is 60.3 cm³/mol. The van der Waals surface area contributed by atoms with Crippen LogP contribution in [0.25, 0.3) is 0 Å². The first kappa shape index (κ1) is 11.4. The van der Waals surface area contributed by atoms with Gasteiger partial charge in [0.25, 0.3) is 0 Å². The van der Waals surface area contributed by atoms with Crippen molar-refractivity contribution in [3.63, 3.8) is 0 Å². The number of hydrogen-bond acceptors (Lipinski definition) is 3. The van der Waals surface area contributed by atoms with E-state index in [1.165, 1.54) is 0 Å². The number of ketones is 1. The Morgan fingerprint density at radius 2 is 2.00 bits per heavy atom. The van der Waals surface area contributed by atoms with Crippen LogP contribution in [0.1, 0.15) is 18.1 Å². The molecule has 1 N–H and O–H groups in total. The third-order valence-electron chi connectivity index (χ3n) is 2.92. The number of aliphatic carboxylic acids is 1. The highest BCUT2D eigenvalue weighted by Gasteiger charge is 2.44. The Bertz CT molecular complexity index is 530. The number of rotatable bonds is 2. The van der Waals surface area contributed by atoms with Crippen LogP contribution in [0.2, 0.25) is 0 Å². The summed E-state index contributed by atoms with van der Waals surface area (Å²) in [5.74, 6) is -1.87. The molecule has 1 aromatic carbocycles. The molecule has 0 spiro atoms. The summed E-state index contributed by atoms with van der Waals surface area (Å²) >= 11 is 0. The molecule has 4 nitrogen and oxygen atoms in total. The summed E-state index contributed by atoms with van der Waals surface area (Å²) in [6.07, 6.45) is 1.04. The van der Waals surface area contributed by atoms with E-state index in [0.29, 0.717) is 5.56 Å². The van der Waals surface area contributed by atoms with E-state index < -0.39 is 11.6 Å². The summed E-state index contributed by atoms with van der Waals surface area (Å²) in [4.78, 5) is 22.7. The number of aryl methyl sites for hydroxylation is 1. The summed E-state index contributed by atoms with van der Waals surface area (Å²) in [5.41, 5.74) is 0.361. The average Bonchev–Trinajstić information content (AvgIpc) is 2.57. The maximum absolute atomic E-state index is 11.9. The normalized spacial score (nSPS) is 23.2. The maximum atomic E-state index is 11.9. The minimum Gasteiger partial charge on any atom is -0.475 e. The molecule has 2 rings (SSSR count). The van der Waals surface area contributed by atoms with Crippen molar-refractivity contribution >= 4 is 11.8 Å². The molecule has 1 aliphatic heterocycles. The minimum atomic E-state index is -1.23. The molecule has 1 unspecified atom stereocenters. The topological polar surface area (TPSA) is 63.6 Å². The Labute approximate surface area is 98.5 Å². The number of carbonyl (C=O) groups is 2. The third kappa shape index (κ3) is 1.71. The molecular weight excluding hydrogens is 220 g/mol. The van der Waals surface area contributed by atoms with Gasteiger partial charge in [0, 0.05) is 11.6 Å². The van der Waals surface area contributed by atoms with E-state index in [1.54, 1.807) is 19.1 Å². The van der Waals surface area contributed by atoms with Gasteiger partial charge in [-0.05, 0) is 19.4 Å². The zero-order valence-electron chi connectivity index (χ0n) is 9.56. The summed E-state index contributed by atoms with van der Waals surface area (Å²) < 4.78 is 5.30. The van der Waals surface area contributed by atoms with Gasteiger partial charge >= 0.3 is 5.97 Å². The van der Waals surface area contributed by atoms with E-state index in [1.807, 2.05) is 19.1 Å². The van der Waals surface area contributed by atoms with E-state index in [0.717, 1.165) is 11.6 Å². The summed E-state index contributed by atoms with van der Waals surface area (Å²) in [7, 11) is 0. The lowest BCUT2D eigenvalue weighted by Crippen LogP contribution is -2.31. The third-order valence-corrected chi connectivity index (χ3v) is 2.92. The van der Waals surface area contributed by atoms with Crippen LogP contribution in [-0.4, -0.2) is 16.9 Å². The molecule has 4 heteroatoms. The van der Waals surface area contributed by atoms with E-state index in [9.17, 15) is 9.59 Å². The largest absolute Gasteiger partial charge is 0.475 e. The molecule has 0 radical (unpaired) electrons. The molecule has 0 saturated heterocycles. The highest BCUT2D eigenvalue weighted by atomic mass is 16.5. The van der Waals surface area contributed by atoms with Gasteiger partial charge < -0.3 is 9.84 Å². The molecule has 17 heavy (non-hydrogen) atoms. The Morgan fingerprint density at radius 3 is 2.53 bits per heavy atom. The monoisotopic (exact) mass is 232 g/mol. The molecule has 0 bridgehead atoms. The standard InChI is InChI=1S/C13H12O4/c1-8-5-3-4-6-9(8)13(2)11(14)7-10(17-13)12(15)16/h3-7H,1-2H3,(H,15,16). The summed E-state index contributed by atoms with van der Waals surface area (Å²) in [6.45, 7) is 3.44. The highest BCUT2D eigenvalue weighted by molar-refractivity contribution is 6.05. The van der Waals surface area contributed by atoms with Crippen molar-refractivity contribution in [1.29, 1.82) is 0 Å². The molecule has 0 aromatic heterocycles. The van der Waals surface area contributed by atoms with Crippen LogP contribution in [0, 0.1) is 6.92 Å². The molecule has 1 heterocycles. The van der Waals surface area contributed by atoms with Crippen LogP contribution in [-0.2, 0) is 19.9 Å². The van der Waals surface area contributed by atoms with E-state index in [2.05, 4.69) is 0 Å². The van der Waals surface area contributed by atoms with Gasteiger partial charge in [0.15, 0.2) is 5.60 Å². The van der Waals surface area contributed by atoms with Crippen LogP contribution in [0.5, 0.6) is 0 Å². The van der Waals surface area contributed by atoms with Crippen LogP contribution in [0.15, 0.2) is 36.1 Å². The lowest BCUT2D eigenvalue weighted by atomic mass is 9.89. The fourth-order valence-electron chi connectivity index (χ4n) is 1.96. The van der Waals surface area contributed by atoms with Crippen LogP contribution in [0.4, 0.5) is 0 Å². The first-order valence-corrected chi connectivity index (χ1v) is 5.19. The number of benzene rings is 1.